The summed E-state index contributed by atoms with van der Waals surface area (Å²) < 4.78 is 0. The van der Waals surface area contributed by atoms with E-state index in [4.69, 9.17) is 11.6 Å². The first kappa shape index (κ1) is 13.0. The van der Waals surface area contributed by atoms with Crippen LogP contribution in [0.5, 0.6) is 0 Å². The molecule has 0 spiro atoms. The van der Waals surface area contributed by atoms with E-state index in [0.717, 1.165) is 5.03 Å². The first-order valence-corrected chi connectivity index (χ1v) is 5.79. The molecule has 0 amide bonds. The van der Waals surface area contributed by atoms with Gasteiger partial charge in [-0.2, -0.15) is 0 Å². The lowest BCUT2D eigenvalue weighted by molar-refractivity contribution is 0.334. The molecule has 13 heavy (non-hydrogen) atoms. The summed E-state index contributed by atoms with van der Waals surface area (Å²) in [5.74, 6) is 0. The molecule has 0 aromatic rings. The Morgan fingerprint density at radius 3 is 2.15 bits per heavy atom. The summed E-state index contributed by atoms with van der Waals surface area (Å²) >= 11 is 6.05. The van der Waals surface area contributed by atoms with Gasteiger partial charge in [0, 0.05) is 10.4 Å². The largest absolute Gasteiger partial charge is 0.0892 e. The van der Waals surface area contributed by atoms with Crippen LogP contribution in [0, 0.1) is 5.41 Å². The van der Waals surface area contributed by atoms with Gasteiger partial charge in [0.2, 0.25) is 0 Å². The Bertz CT molecular complexity index is 151. The topological polar surface area (TPSA) is 0 Å². The summed E-state index contributed by atoms with van der Waals surface area (Å²) in [6.07, 6.45) is 7.41. The molecule has 1 atom stereocenters. The summed E-state index contributed by atoms with van der Waals surface area (Å²) in [6.45, 7) is 10.6. The zero-order chi connectivity index (χ0) is 10.3. The molecule has 0 aromatic carbocycles. The lowest BCUT2D eigenvalue weighted by atomic mass is 9.80. The van der Waals surface area contributed by atoms with Crippen molar-refractivity contribution in [2.75, 3.05) is 0 Å². The van der Waals surface area contributed by atoms with Crippen LogP contribution in [0.4, 0.5) is 0 Å². The Labute approximate surface area is 88.4 Å². The van der Waals surface area contributed by atoms with Gasteiger partial charge in [-0.25, -0.2) is 0 Å². The molecule has 0 fully saturated rings. The molecule has 0 aliphatic carbocycles. The fourth-order valence-corrected chi connectivity index (χ4v) is 1.90. The second kappa shape index (κ2) is 6.48. The molecule has 0 heterocycles. The van der Waals surface area contributed by atoms with Gasteiger partial charge in [0.25, 0.3) is 0 Å². The number of hydrogen-bond acceptors (Lipinski definition) is 0. The lowest BCUT2D eigenvalue weighted by Gasteiger charge is -2.28. The number of rotatable bonds is 7. The van der Waals surface area contributed by atoms with Crippen LogP contribution < -0.4 is 0 Å². The summed E-state index contributed by atoms with van der Waals surface area (Å²) in [4.78, 5) is 0. The minimum Gasteiger partial charge on any atom is -0.0892 e. The maximum absolute atomic E-state index is 6.05. The monoisotopic (exact) mass is 202 g/mol. The van der Waals surface area contributed by atoms with Crippen LogP contribution in [-0.2, 0) is 0 Å². The zero-order valence-corrected chi connectivity index (χ0v) is 10.1. The predicted octanol–water partition coefficient (Wildman–Crippen LogP) is 5.13. The van der Waals surface area contributed by atoms with Gasteiger partial charge < -0.3 is 0 Å². The van der Waals surface area contributed by atoms with Crippen molar-refractivity contribution < 1.29 is 0 Å². The van der Waals surface area contributed by atoms with Crippen LogP contribution in [0.1, 0.15) is 59.3 Å². The average Bonchev–Trinajstić information content (AvgIpc) is 2.05. The van der Waals surface area contributed by atoms with Crippen LogP contribution in [0.15, 0.2) is 11.6 Å². The predicted molar refractivity (Wildman–Crippen MR) is 62.2 cm³/mol. The Morgan fingerprint density at radius 1 is 1.15 bits per heavy atom. The van der Waals surface area contributed by atoms with E-state index >= 15 is 0 Å². The summed E-state index contributed by atoms with van der Waals surface area (Å²) in [7, 11) is 0. The molecule has 0 N–H and O–H groups in total. The van der Waals surface area contributed by atoms with Gasteiger partial charge >= 0.3 is 0 Å². The molecule has 1 heteroatoms. The Balaban J connectivity index is 4.00. The summed E-state index contributed by atoms with van der Waals surface area (Å²) in [5.41, 5.74) is 0.172. The highest BCUT2D eigenvalue weighted by atomic mass is 35.5. The first-order valence-electron chi connectivity index (χ1n) is 5.41. The minimum absolute atomic E-state index is 0.172. The van der Waals surface area contributed by atoms with Crippen LogP contribution in [0.3, 0.4) is 0 Å². The number of halogens is 1. The van der Waals surface area contributed by atoms with E-state index in [1.54, 1.807) is 0 Å². The fourth-order valence-electron chi connectivity index (χ4n) is 1.71. The van der Waals surface area contributed by atoms with Gasteiger partial charge in [0.05, 0.1) is 0 Å². The summed E-state index contributed by atoms with van der Waals surface area (Å²) in [5, 5.41) is 0.838. The number of unbranched alkanes of at least 4 members (excludes halogenated alkanes) is 2. The molecule has 78 valence electrons. The van der Waals surface area contributed by atoms with Crippen LogP contribution in [0.25, 0.3) is 0 Å². The van der Waals surface area contributed by atoms with Crippen LogP contribution in [-0.4, -0.2) is 0 Å². The van der Waals surface area contributed by atoms with Crippen molar-refractivity contribution in [3.63, 3.8) is 0 Å². The van der Waals surface area contributed by atoms with E-state index in [0.29, 0.717) is 0 Å². The third-order valence-electron chi connectivity index (χ3n) is 2.79. The second-order valence-electron chi connectivity index (χ2n) is 4.17. The normalized spacial score (nSPS) is 15.4. The van der Waals surface area contributed by atoms with E-state index in [2.05, 4.69) is 27.4 Å². The zero-order valence-electron chi connectivity index (χ0n) is 9.33. The summed E-state index contributed by atoms with van der Waals surface area (Å²) in [6, 6.07) is 0. The van der Waals surface area contributed by atoms with Gasteiger partial charge in [-0.3, -0.25) is 0 Å². The molecule has 0 bridgehead atoms. The SMILES string of the molecule is C=C(Cl)C(C)(CCC)CCCCC. The molecule has 1 unspecified atom stereocenters. The van der Waals surface area contributed by atoms with Crippen LogP contribution in [0.2, 0.25) is 0 Å². The number of allylic oxidation sites excluding steroid dienone is 1. The minimum atomic E-state index is 0.172. The van der Waals surface area contributed by atoms with Gasteiger partial charge in [0.1, 0.15) is 0 Å². The third kappa shape index (κ3) is 4.71. The van der Waals surface area contributed by atoms with E-state index in [-0.39, 0.29) is 5.41 Å². The average molecular weight is 203 g/mol. The van der Waals surface area contributed by atoms with Crippen molar-refractivity contribution in [2.24, 2.45) is 5.41 Å². The van der Waals surface area contributed by atoms with Crippen molar-refractivity contribution >= 4 is 11.6 Å². The molecule has 0 aromatic heterocycles. The van der Waals surface area contributed by atoms with Crippen molar-refractivity contribution in [1.29, 1.82) is 0 Å². The fraction of sp³-hybridized carbons (Fsp3) is 0.833. The Kier molecular flexibility index (Phi) is 6.49. The Hall–Kier alpha value is 0.0300. The highest BCUT2D eigenvalue weighted by Gasteiger charge is 2.24. The van der Waals surface area contributed by atoms with E-state index in [9.17, 15) is 0 Å². The van der Waals surface area contributed by atoms with Crippen molar-refractivity contribution in [3.8, 4) is 0 Å². The smallest absolute Gasteiger partial charge is 0.0168 e. The highest BCUT2D eigenvalue weighted by molar-refractivity contribution is 6.29. The standard InChI is InChI=1S/C12H23Cl/c1-5-7-8-10-12(4,9-6-2)11(3)13/h3,5-10H2,1-2,4H3. The second-order valence-corrected chi connectivity index (χ2v) is 4.63. The van der Waals surface area contributed by atoms with Crippen molar-refractivity contribution in [3.05, 3.63) is 11.6 Å². The molecule has 0 nitrogen and oxygen atoms in total. The maximum atomic E-state index is 6.05. The molecule has 0 saturated heterocycles. The van der Waals surface area contributed by atoms with E-state index < -0.39 is 0 Å². The quantitative estimate of drug-likeness (QED) is 0.503. The van der Waals surface area contributed by atoms with Crippen LogP contribution >= 0.6 is 11.6 Å². The van der Waals surface area contributed by atoms with Gasteiger partial charge in [-0.1, -0.05) is 64.6 Å². The third-order valence-corrected chi connectivity index (χ3v) is 3.25. The maximum Gasteiger partial charge on any atom is 0.0168 e. The molecular formula is C12H23Cl. The molecule has 0 saturated carbocycles. The highest BCUT2D eigenvalue weighted by Crippen LogP contribution is 2.38. The lowest BCUT2D eigenvalue weighted by Crippen LogP contribution is -2.15. The van der Waals surface area contributed by atoms with Gasteiger partial charge in [0.15, 0.2) is 0 Å². The molecule has 0 aliphatic rings. The molecule has 0 rings (SSSR count). The van der Waals surface area contributed by atoms with E-state index in [1.807, 2.05) is 0 Å². The van der Waals surface area contributed by atoms with Gasteiger partial charge in [-0.15, -0.1) is 0 Å². The molecular weight excluding hydrogens is 180 g/mol. The van der Waals surface area contributed by atoms with Crippen molar-refractivity contribution in [1.82, 2.24) is 0 Å². The Morgan fingerprint density at radius 2 is 1.77 bits per heavy atom. The molecule has 0 radical (unpaired) electrons. The molecule has 0 aliphatic heterocycles. The first-order chi connectivity index (χ1) is 6.06. The number of hydrogen-bond donors (Lipinski definition) is 0. The van der Waals surface area contributed by atoms with E-state index in [1.165, 1.54) is 38.5 Å². The van der Waals surface area contributed by atoms with Gasteiger partial charge in [-0.05, 0) is 12.8 Å². The van der Waals surface area contributed by atoms with Crippen molar-refractivity contribution in [2.45, 2.75) is 59.3 Å².